The number of hydrogen-bond acceptors (Lipinski definition) is 8. The number of hydrogen-bond donors (Lipinski definition) is 3. The Morgan fingerprint density at radius 3 is 2.54 bits per heavy atom. The van der Waals surface area contributed by atoms with Gasteiger partial charge in [0.15, 0.2) is 5.72 Å². The fourth-order valence-corrected chi connectivity index (χ4v) is 6.06. The Balaban J connectivity index is 1.75. The first-order valence-corrected chi connectivity index (χ1v) is 13.2. The van der Waals surface area contributed by atoms with Crippen LogP contribution in [0.4, 0.5) is 10.5 Å². The number of nitrogens with one attached hydrogen (secondary N) is 1. The molecule has 2 fully saturated rings. The molecule has 0 saturated carbocycles. The standard InChI is InChI=1S/C28H37ClN2O8/c1-16-8-7-9-21(37-6)28(35)14-22(38-25(34)30-28)27(3)15-26(2,39-27)20(32)13-23(33)31(4)18-11-17(10-16)12-19(36-5)24(18)29/h7-9,11-12,20-22,32,35H,10,13-15H2,1-6H3,(H,30,34)/b9-7+,16-8+/t20-,21+,22-,26+,27?,28-/m0/s1. The summed E-state index contributed by atoms with van der Waals surface area (Å²) in [5.41, 5.74) is -1.55. The first-order chi connectivity index (χ1) is 18.2. The maximum Gasteiger partial charge on any atom is 0.409 e. The average molecular weight is 565 g/mol. The van der Waals surface area contributed by atoms with Crippen molar-refractivity contribution in [2.75, 3.05) is 26.2 Å². The van der Waals surface area contributed by atoms with Crippen LogP contribution in [0, 0.1) is 0 Å². The Kier molecular flexibility index (Phi) is 8.08. The Labute approximate surface area is 233 Å². The zero-order chi connectivity index (χ0) is 28.8. The van der Waals surface area contributed by atoms with Gasteiger partial charge in [-0.05, 0) is 44.9 Å². The van der Waals surface area contributed by atoms with Gasteiger partial charge in [-0.3, -0.25) is 10.1 Å². The fraction of sp³-hybridized carbons (Fsp3) is 0.571. The Bertz CT molecular complexity index is 1190. The third-order valence-corrected chi connectivity index (χ3v) is 8.28. The minimum atomic E-state index is -1.76. The van der Waals surface area contributed by atoms with Crippen LogP contribution in [0.1, 0.15) is 45.6 Å². The maximum atomic E-state index is 13.3. The molecule has 1 aromatic carbocycles. The third-order valence-electron chi connectivity index (χ3n) is 7.90. The van der Waals surface area contributed by atoms with E-state index in [-0.39, 0.29) is 30.2 Å². The maximum absolute atomic E-state index is 13.3. The van der Waals surface area contributed by atoms with Crippen LogP contribution in [-0.4, -0.2) is 78.7 Å². The number of anilines is 1. The van der Waals surface area contributed by atoms with Crippen LogP contribution in [0.25, 0.3) is 0 Å². The molecule has 6 atom stereocenters. The molecular weight excluding hydrogens is 528 g/mol. The molecular formula is C28H37ClN2O8. The van der Waals surface area contributed by atoms with E-state index in [1.807, 2.05) is 25.1 Å². The number of amides is 2. The lowest BCUT2D eigenvalue weighted by atomic mass is 9.72. The first-order valence-electron chi connectivity index (χ1n) is 12.8. The number of rotatable bonds is 2. The third kappa shape index (κ3) is 5.67. The van der Waals surface area contributed by atoms with Gasteiger partial charge in [-0.2, -0.15) is 0 Å². The molecule has 6 bridgehead atoms. The highest BCUT2D eigenvalue weighted by Gasteiger charge is 2.62. The molecule has 2 saturated heterocycles. The summed E-state index contributed by atoms with van der Waals surface area (Å²) in [5.74, 6) is 0.0640. The number of methoxy groups -OCH3 is 2. The molecule has 5 rings (SSSR count). The normalized spacial score (nSPS) is 37.6. The molecule has 0 spiro atoms. The number of aliphatic hydroxyl groups is 2. The lowest BCUT2D eigenvalue weighted by molar-refractivity contribution is -0.327. The summed E-state index contributed by atoms with van der Waals surface area (Å²) < 4.78 is 22.7. The van der Waals surface area contributed by atoms with E-state index in [1.54, 1.807) is 33.0 Å². The molecule has 11 heteroatoms. The molecule has 39 heavy (non-hydrogen) atoms. The number of halogens is 1. The van der Waals surface area contributed by atoms with Crippen molar-refractivity contribution in [1.29, 1.82) is 0 Å². The van der Waals surface area contributed by atoms with E-state index < -0.39 is 41.3 Å². The minimum absolute atomic E-state index is 0.0151. The molecule has 3 N–H and O–H groups in total. The molecule has 0 aliphatic carbocycles. The van der Waals surface area contributed by atoms with Gasteiger partial charge in [0.1, 0.15) is 28.6 Å². The van der Waals surface area contributed by atoms with Crippen molar-refractivity contribution >= 4 is 29.3 Å². The van der Waals surface area contributed by atoms with Crippen molar-refractivity contribution in [3.05, 3.63) is 46.5 Å². The highest BCUT2D eigenvalue weighted by atomic mass is 35.5. The summed E-state index contributed by atoms with van der Waals surface area (Å²) in [6, 6.07) is 3.63. The van der Waals surface area contributed by atoms with E-state index in [1.165, 1.54) is 19.1 Å². The molecule has 4 heterocycles. The van der Waals surface area contributed by atoms with E-state index in [0.717, 1.165) is 11.1 Å². The number of benzene rings is 1. The van der Waals surface area contributed by atoms with E-state index >= 15 is 0 Å². The summed E-state index contributed by atoms with van der Waals surface area (Å²) in [4.78, 5) is 27.2. The van der Waals surface area contributed by atoms with Crippen LogP contribution < -0.4 is 15.0 Å². The minimum Gasteiger partial charge on any atom is -0.495 e. The van der Waals surface area contributed by atoms with Gasteiger partial charge in [0.25, 0.3) is 0 Å². The van der Waals surface area contributed by atoms with Crippen LogP contribution in [0.2, 0.25) is 5.02 Å². The molecule has 4 aliphatic rings. The smallest absolute Gasteiger partial charge is 0.409 e. The van der Waals surface area contributed by atoms with Gasteiger partial charge < -0.3 is 34.1 Å². The van der Waals surface area contributed by atoms with Gasteiger partial charge in [0.05, 0.1) is 30.9 Å². The predicted molar refractivity (Wildman–Crippen MR) is 145 cm³/mol. The second kappa shape index (κ2) is 10.7. The van der Waals surface area contributed by atoms with Gasteiger partial charge in [0, 0.05) is 27.0 Å². The molecule has 0 radical (unpaired) electrons. The van der Waals surface area contributed by atoms with Gasteiger partial charge >= 0.3 is 6.09 Å². The molecule has 0 aromatic heterocycles. The van der Waals surface area contributed by atoms with E-state index in [4.69, 9.17) is 30.5 Å². The lowest BCUT2D eigenvalue weighted by Crippen LogP contribution is -2.72. The second-order valence-electron chi connectivity index (χ2n) is 11.1. The zero-order valence-corrected chi connectivity index (χ0v) is 23.9. The van der Waals surface area contributed by atoms with Gasteiger partial charge in [-0.25, -0.2) is 4.79 Å². The average Bonchev–Trinajstić information content (AvgIpc) is 2.84. The molecule has 1 aromatic rings. The molecule has 2 amide bonds. The molecule has 10 nitrogen and oxygen atoms in total. The predicted octanol–water partition coefficient (Wildman–Crippen LogP) is 3.26. The monoisotopic (exact) mass is 564 g/mol. The van der Waals surface area contributed by atoms with Crippen molar-refractivity contribution in [2.24, 2.45) is 0 Å². The summed E-state index contributed by atoms with van der Waals surface area (Å²) in [5, 5.41) is 25.3. The topological polar surface area (TPSA) is 127 Å². The van der Waals surface area contributed by atoms with E-state index in [0.29, 0.717) is 17.9 Å². The van der Waals surface area contributed by atoms with Crippen molar-refractivity contribution in [3.8, 4) is 5.75 Å². The Morgan fingerprint density at radius 2 is 1.90 bits per heavy atom. The number of fused-ring (bicyclic) bond motifs is 6. The van der Waals surface area contributed by atoms with Crippen molar-refractivity contribution in [1.82, 2.24) is 5.32 Å². The lowest BCUT2D eigenvalue weighted by Gasteiger charge is -2.59. The largest absolute Gasteiger partial charge is 0.495 e. The number of ether oxygens (including phenoxy) is 4. The number of aliphatic hydroxyl groups excluding tert-OH is 1. The van der Waals surface area contributed by atoms with Gasteiger partial charge in [-0.15, -0.1) is 0 Å². The van der Waals surface area contributed by atoms with Crippen LogP contribution in [0.5, 0.6) is 5.75 Å². The van der Waals surface area contributed by atoms with Gasteiger partial charge in [-0.1, -0.05) is 35.4 Å². The van der Waals surface area contributed by atoms with Crippen LogP contribution in [0.15, 0.2) is 35.9 Å². The van der Waals surface area contributed by atoms with Gasteiger partial charge in [0.2, 0.25) is 5.91 Å². The van der Waals surface area contributed by atoms with Crippen molar-refractivity contribution < 1.29 is 38.7 Å². The molecule has 4 aliphatic heterocycles. The molecule has 1 unspecified atom stereocenters. The summed E-state index contributed by atoms with van der Waals surface area (Å²) in [6.45, 7) is 5.40. The first kappa shape index (κ1) is 29.4. The molecule has 214 valence electrons. The second-order valence-corrected chi connectivity index (χ2v) is 11.5. The number of allylic oxidation sites excluding steroid dienone is 3. The van der Waals surface area contributed by atoms with Crippen LogP contribution in [-0.2, 0) is 25.4 Å². The zero-order valence-electron chi connectivity index (χ0n) is 23.1. The SMILES string of the molecule is COc1cc2cc(c1Cl)N(C)C(=O)C[C@H](O)[C@@]1(C)CC(C)(O1)[C@@H]1C[C@@](O)(NC(=O)O1)[C@H](OC)/C=C/C=C(\C)C2. The highest BCUT2D eigenvalue weighted by molar-refractivity contribution is 6.35. The number of nitrogens with zero attached hydrogens (tertiary/aromatic N) is 1. The van der Waals surface area contributed by atoms with Crippen molar-refractivity contribution in [2.45, 2.75) is 81.7 Å². The van der Waals surface area contributed by atoms with Crippen LogP contribution >= 0.6 is 11.6 Å². The highest BCUT2D eigenvalue weighted by Crippen LogP contribution is 2.49. The van der Waals surface area contributed by atoms with Crippen molar-refractivity contribution in [3.63, 3.8) is 0 Å². The van der Waals surface area contributed by atoms with E-state index in [9.17, 15) is 19.8 Å². The Hall–Kier alpha value is -2.63. The summed E-state index contributed by atoms with van der Waals surface area (Å²) in [7, 11) is 4.55. The van der Waals surface area contributed by atoms with Crippen LogP contribution in [0.3, 0.4) is 0 Å². The van der Waals surface area contributed by atoms with E-state index in [2.05, 4.69) is 5.32 Å². The number of alkyl carbamates (subject to hydrolysis) is 1. The number of carbonyl (C=O) groups is 2. The Morgan fingerprint density at radius 1 is 1.21 bits per heavy atom. The summed E-state index contributed by atoms with van der Waals surface area (Å²) >= 11 is 6.58. The fourth-order valence-electron chi connectivity index (χ4n) is 5.75. The number of carbonyl (C=O) groups excluding carboxylic acids is 2. The summed E-state index contributed by atoms with van der Waals surface area (Å²) in [6.07, 6.45) is 2.20. The quantitative estimate of drug-likeness (QED) is 0.499.